The van der Waals surface area contributed by atoms with E-state index in [0.717, 1.165) is 22.4 Å². The number of halogens is 2. The van der Waals surface area contributed by atoms with Crippen molar-refractivity contribution in [3.05, 3.63) is 46.4 Å². The van der Waals surface area contributed by atoms with Crippen molar-refractivity contribution in [2.24, 2.45) is 7.05 Å². The third kappa shape index (κ3) is 2.05. The Morgan fingerprint density at radius 2 is 1.89 bits per heavy atom. The first-order valence-corrected chi connectivity index (χ1v) is 6.49. The summed E-state index contributed by atoms with van der Waals surface area (Å²) < 4.78 is 2.01. The molecule has 0 saturated heterocycles. The van der Waals surface area contributed by atoms with Gasteiger partial charge in [0.2, 0.25) is 0 Å². The second kappa shape index (κ2) is 4.44. The zero-order chi connectivity index (χ0) is 13.6. The zero-order valence-electron chi connectivity index (χ0n) is 10.2. The van der Waals surface area contributed by atoms with E-state index in [2.05, 4.69) is 4.98 Å². The summed E-state index contributed by atoms with van der Waals surface area (Å²) >= 11 is 11.9. The molecular weight excluding hydrogens is 281 g/mol. The molecule has 0 radical (unpaired) electrons. The molecule has 0 atom stereocenters. The first kappa shape index (κ1) is 12.3. The second-order valence-electron chi connectivity index (χ2n) is 4.36. The van der Waals surface area contributed by atoms with Gasteiger partial charge in [0.1, 0.15) is 5.82 Å². The van der Waals surface area contributed by atoms with Crippen LogP contribution in [0.1, 0.15) is 0 Å². The van der Waals surface area contributed by atoms with Crippen molar-refractivity contribution in [3.8, 4) is 11.4 Å². The minimum absolute atomic E-state index is 0.546. The maximum Gasteiger partial charge on any atom is 0.140 e. The summed E-state index contributed by atoms with van der Waals surface area (Å²) in [7, 11) is 1.96. The fraction of sp³-hybridized carbons (Fsp3) is 0.0714. The number of benzene rings is 2. The van der Waals surface area contributed by atoms with Gasteiger partial charge in [-0.1, -0.05) is 23.2 Å². The van der Waals surface area contributed by atoms with Gasteiger partial charge in [0.05, 0.1) is 21.7 Å². The lowest BCUT2D eigenvalue weighted by Gasteiger charge is -2.04. The molecule has 2 N–H and O–H groups in total. The summed E-state index contributed by atoms with van der Waals surface area (Å²) in [4.78, 5) is 4.59. The summed E-state index contributed by atoms with van der Waals surface area (Å²) in [5.41, 5.74) is 9.19. The molecule has 19 heavy (non-hydrogen) atoms. The lowest BCUT2D eigenvalue weighted by molar-refractivity contribution is 0.959. The molecule has 5 heteroatoms. The third-order valence-corrected chi connectivity index (χ3v) is 3.68. The van der Waals surface area contributed by atoms with E-state index < -0.39 is 0 Å². The third-order valence-electron chi connectivity index (χ3n) is 3.10. The number of hydrogen-bond acceptors (Lipinski definition) is 2. The van der Waals surface area contributed by atoms with Gasteiger partial charge in [0.15, 0.2) is 0 Å². The Kier molecular flexibility index (Phi) is 2.88. The van der Waals surface area contributed by atoms with Crippen LogP contribution in [0.5, 0.6) is 0 Å². The number of fused-ring (bicyclic) bond motifs is 1. The highest BCUT2D eigenvalue weighted by molar-refractivity contribution is 6.33. The van der Waals surface area contributed by atoms with E-state index in [-0.39, 0.29) is 0 Å². The normalized spacial score (nSPS) is 11.1. The lowest BCUT2D eigenvalue weighted by atomic mass is 10.2. The van der Waals surface area contributed by atoms with Gasteiger partial charge in [-0.2, -0.15) is 0 Å². The molecule has 1 heterocycles. The summed E-state index contributed by atoms with van der Waals surface area (Å²) in [6.45, 7) is 0. The van der Waals surface area contributed by atoms with E-state index in [1.165, 1.54) is 0 Å². The average Bonchev–Trinajstić information content (AvgIpc) is 2.70. The van der Waals surface area contributed by atoms with Crippen LogP contribution in [0.3, 0.4) is 0 Å². The largest absolute Gasteiger partial charge is 0.398 e. The van der Waals surface area contributed by atoms with Crippen LogP contribution >= 0.6 is 23.2 Å². The van der Waals surface area contributed by atoms with E-state index in [0.29, 0.717) is 15.7 Å². The number of nitrogen functional groups attached to an aromatic ring is 1. The van der Waals surface area contributed by atoms with Crippen molar-refractivity contribution in [3.63, 3.8) is 0 Å². The van der Waals surface area contributed by atoms with E-state index in [4.69, 9.17) is 28.9 Å². The number of imidazole rings is 1. The van der Waals surface area contributed by atoms with Gasteiger partial charge in [-0.15, -0.1) is 0 Å². The Balaban J connectivity index is 2.24. The molecule has 2 aromatic carbocycles. The predicted molar refractivity (Wildman–Crippen MR) is 80.6 cm³/mol. The highest BCUT2D eigenvalue weighted by Gasteiger charge is 2.11. The van der Waals surface area contributed by atoms with Crippen molar-refractivity contribution in [2.45, 2.75) is 0 Å². The van der Waals surface area contributed by atoms with Crippen LogP contribution < -0.4 is 5.73 Å². The van der Waals surface area contributed by atoms with Crippen LogP contribution in [0.4, 0.5) is 5.69 Å². The number of nitrogens with two attached hydrogens (primary N) is 1. The van der Waals surface area contributed by atoms with Gasteiger partial charge in [-0.05, 0) is 36.4 Å². The molecule has 0 bridgehead atoms. The zero-order valence-corrected chi connectivity index (χ0v) is 11.7. The smallest absolute Gasteiger partial charge is 0.140 e. The van der Waals surface area contributed by atoms with Crippen LogP contribution in [0.25, 0.3) is 22.4 Å². The maximum atomic E-state index is 5.99. The van der Waals surface area contributed by atoms with Crippen LogP contribution in [-0.4, -0.2) is 9.55 Å². The van der Waals surface area contributed by atoms with E-state index in [1.54, 1.807) is 6.07 Å². The van der Waals surface area contributed by atoms with E-state index in [1.807, 2.05) is 41.9 Å². The number of aryl methyl sites for hydroxylation is 1. The molecular formula is C14H11Cl2N3. The summed E-state index contributed by atoms with van der Waals surface area (Å²) in [5.74, 6) is 0.834. The number of rotatable bonds is 1. The van der Waals surface area contributed by atoms with E-state index in [9.17, 15) is 0 Å². The highest BCUT2D eigenvalue weighted by atomic mass is 35.5. The van der Waals surface area contributed by atoms with Crippen LogP contribution in [0.2, 0.25) is 10.0 Å². The van der Waals surface area contributed by atoms with Crippen LogP contribution in [0, 0.1) is 0 Å². The number of nitrogens with zero attached hydrogens (tertiary/aromatic N) is 2. The Bertz CT molecular complexity index is 778. The number of hydrogen-bond donors (Lipinski definition) is 1. The minimum atomic E-state index is 0.546. The summed E-state index contributed by atoms with van der Waals surface area (Å²) in [5, 5.41) is 1.22. The van der Waals surface area contributed by atoms with Gasteiger partial charge in [0.25, 0.3) is 0 Å². The fourth-order valence-corrected chi connectivity index (χ4v) is 2.40. The predicted octanol–water partition coefficient (Wildman–Crippen LogP) is 4.13. The molecule has 96 valence electrons. The molecule has 0 spiro atoms. The lowest BCUT2D eigenvalue weighted by Crippen LogP contribution is -1.94. The van der Waals surface area contributed by atoms with Gasteiger partial charge < -0.3 is 10.3 Å². The van der Waals surface area contributed by atoms with Crippen molar-refractivity contribution in [1.82, 2.24) is 9.55 Å². The standard InChI is InChI=1S/C14H11Cl2N3/c1-19-13-5-3-9(15)7-12(13)18-14(19)8-2-4-10(16)11(17)6-8/h2-7H,17H2,1H3. The average molecular weight is 292 g/mol. The second-order valence-corrected chi connectivity index (χ2v) is 5.21. The molecule has 0 unspecified atom stereocenters. The van der Waals surface area contributed by atoms with Crippen molar-refractivity contribution in [1.29, 1.82) is 0 Å². The Morgan fingerprint density at radius 1 is 1.11 bits per heavy atom. The summed E-state index contributed by atoms with van der Waals surface area (Å²) in [6.07, 6.45) is 0. The molecule has 0 aliphatic carbocycles. The Labute approximate surface area is 120 Å². The van der Waals surface area contributed by atoms with Gasteiger partial charge in [-0.3, -0.25) is 0 Å². The highest BCUT2D eigenvalue weighted by Crippen LogP contribution is 2.29. The molecule has 0 fully saturated rings. The molecule has 0 amide bonds. The first-order chi connectivity index (χ1) is 9.06. The Hall–Kier alpha value is -1.71. The van der Waals surface area contributed by atoms with Crippen molar-refractivity contribution < 1.29 is 0 Å². The maximum absolute atomic E-state index is 5.99. The quantitative estimate of drug-likeness (QED) is 0.685. The molecule has 0 aliphatic rings. The Morgan fingerprint density at radius 3 is 2.63 bits per heavy atom. The first-order valence-electron chi connectivity index (χ1n) is 5.73. The number of aromatic nitrogens is 2. The molecule has 3 nitrogen and oxygen atoms in total. The molecule has 1 aromatic heterocycles. The van der Waals surface area contributed by atoms with Crippen molar-refractivity contribution >= 4 is 39.9 Å². The molecule has 0 aliphatic heterocycles. The van der Waals surface area contributed by atoms with Gasteiger partial charge in [-0.25, -0.2) is 4.98 Å². The molecule has 3 rings (SSSR count). The number of anilines is 1. The minimum Gasteiger partial charge on any atom is -0.398 e. The van der Waals surface area contributed by atoms with Crippen molar-refractivity contribution in [2.75, 3.05) is 5.73 Å². The fourth-order valence-electron chi connectivity index (χ4n) is 2.11. The molecule has 3 aromatic rings. The van der Waals surface area contributed by atoms with Crippen LogP contribution in [-0.2, 0) is 7.05 Å². The molecule has 0 saturated carbocycles. The SMILES string of the molecule is Cn1c(-c2ccc(Cl)c(N)c2)nc2cc(Cl)ccc21. The topological polar surface area (TPSA) is 43.8 Å². The summed E-state index contributed by atoms with van der Waals surface area (Å²) in [6, 6.07) is 11.2. The van der Waals surface area contributed by atoms with E-state index >= 15 is 0 Å². The van der Waals surface area contributed by atoms with Gasteiger partial charge in [0, 0.05) is 17.6 Å². The van der Waals surface area contributed by atoms with Gasteiger partial charge >= 0.3 is 0 Å². The van der Waals surface area contributed by atoms with Crippen LogP contribution in [0.15, 0.2) is 36.4 Å². The monoisotopic (exact) mass is 291 g/mol.